The summed E-state index contributed by atoms with van der Waals surface area (Å²) < 4.78 is 5.43. The summed E-state index contributed by atoms with van der Waals surface area (Å²) in [6, 6.07) is 0. The highest BCUT2D eigenvalue weighted by atomic mass is 16.5. The maximum Gasteiger partial charge on any atom is 0.236 e. The number of morpholine rings is 1. The fraction of sp³-hybridized carbons (Fsp3) is 0.944. The molecule has 0 radical (unpaired) electrons. The van der Waals surface area contributed by atoms with Gasteiger partial charge in [-0.2, -0.15) is 0 Å². The van der Waals surface area contributed by atoms with E-state index in [0.29, 0.717) is 18.4 Å². The lowest BCUT2D eigenvalue weighted by Crippen LogP contribution is -2.48. The summed E-state index contributed by atoms with van der Waals surface area (Å²) in [5.41, 5.74) is 0. The molecule has 0 aliphatic carbocycles. The molecule has 0 aromatic heterocycles. The molecule has 3 aliphatic rings. The van der Waals surface area contributed by atoms with E-state index in [9.17, 15) is 4.79 Å². The van der Waals surface area contributed by atoms with Gasteiger partial charge >= 0.3 is 0 Å². The van der Waals surface area contributed by atoms with E-state index in [-0.39, 0.29) is 0 Å². The molecular weight excluding hydrogens is 290 g/mol. The molecular formula is C18H33N3O2. The van der Waals surface area contributed by atoms with Crippen molar-refractivity contribution in [2.75, 3.05) is 65.6 Å². The number of amides is 1. The normalized spacial score (nSPS) is 28.5. The quantitative estimate of drug-likeness (QED) is 0.784. The van der Waals surface area contributed by atoms with Crippen molar-refractivity contribution in [3.63, 3.8) is 0 Å². The molecule has 1 unspecified atom stereocenters. The maximum atomic E-state index is 12.7. The lowest BCUT2D eigenvalue weighted by molar-refractivity contribution is -0.134. The Balaban J connectivity index is 1.44. The summed E-state index contributed by atoms with van der Waals surface area (Å²) in [4.78, 5) is 19.7. The van der Waals surface area contributed by atoms with Crippen LogP contribution in [0.15, 0.2) is 0 Å². The second-order valence-corrected chi connectivity index (χ2v) is 7.45. The van der Waals surface area contributed by atoms with E-state index in [1.807, 2.05) is 0 Å². The molecule has 0 aromatic carbocycles. The van der Waals surface area contributed by atoms with Gasteiger partial charge in [0.25, 0.3) is 0 Å². The monoisotopic (exact) mass is 323 g/mol. The van der Waals surface area contributed by atoms with Gasteiger partial charge in [-0.1, -0.05) is 12.8 Å². The van der Waals surface area contributed by atoms with Gasteiger partial charge in [0.05, 0.1) is 19.8 Å². The lowest BCUT2D eigenvalue weighted by atomic mass is 9.97. The largest absolute Gasteiger partial charge is 0.379 e. The van der Waals surface area contributed by atoms with E-state index in [1.165, 1.54) is 38.5 Å². The van der Waals surface area contributed by atoms with Crippen molar-refractivity contribution in [3.8, 4) is 0 Å². The zero-order chi connectivity index (χ0) is 15.9. The summed E-state index contributed by atoms with van der Waals surface area (Å²) in [6.45, 7) is 9.76. The molecule has 23 heavy (non-hydrogen) atoms. The molecule has 3 aliphatic heterocycles. The molecule has 0 saturated carbocycles. The van der Waals surface area contributed by atoms with E-state index in [4.69, 9.17) is 4.74 Å². The molecule has 0 N–H and O–H groups in total. The van der Waals surface area contributed by atoms with Crippen LogP contribution in [-0.4, -0.2) is 86.2 Å². The molecule has 3 fully saturated rings. The average Bonchev–Trinajstić information content (AvgIpc) is 2.85. The SMILES string of the molecule is O=C(CN1CCCCCC1)N1CCCC(CN2CCOCC2)C1. The predicted octanol–water partition coefficient (Wildman–Crippen LogP) is 1.43. The number of carbonyl (C=O) groups excluding carboxylic acids is 1. The van der Waals surface area contributed by atoms with E-state index in [1.54, 1.807) is 0 Å². The molecule has 0 aromatic rings. The Morgan fingerprint density at radius 1 is 0.870 bits per heavy atom. The summed E-state index contributed by atoms with van der Waals surface area (Å²) in [6.07, 6.45) is 7.61. The summed E-state index contributed by atoms with van der Waals surface area (Å²) in [5, 5.41) is 0. The van der Waals surface area contributed by atoms with Crippen LogP contribution in [0.25, 0.3) is 0 Å². The fourth-order valence-electron chi connectivity index (χ4n) is 4.18. The van der Waals surface area contributed by atoms with Crippen molar-refractivity contribution in [2.24, 2.45) is 5.92 Å². The van der Waals surface area contributed by atoms with Gasteiger partial charge < -0.3 is 9.64 Å². The third kappa shape index (κ3) is 5.44. The highest BCUT2D eigenvalue weighted by molar-refractivity contribution is 5.78. The van der Waals surface area contributed by atoms with Crippen LogP contribution in [0.1, 0.15) is 38.5 Å². The van der Waals surface area contributed by atoms with Crippen molar-refractivity contribution in [1.29, 1.82) is 0 Å². The van der Waals surface area contributed by atoms with Crippen LogP contribution < -0.4 is 0 Å². The van der Waals surface area contributed by atoms with Crippen LogP contribution in [0.5, 0.6) is 0 Å². The van der Waals surface area contributed by atoms with Gasteiger partial charge in [0.1, 0.15) is 0 Å². The van der Waals surface area contributed by atoms with Crippen LogP contribution in [0.2, 0.25) is 0 Å². The van der Waals surface area contributed by atoms with Gasteiger partial charge in [0, 0.05) is 32.7 Å². The van der Waals surface area contributed by atoms with E-state index >= 15 is 0 Å². The summed E-state index contributed by atoms with van der Waals surface area (Å²) in [7, 11) is 0. The van der Waals surface area contributed by atoms with Crippen LogP contribution >= 0.6 is 0 Å². The van der Waals surface area contributed by atoms with Crippen molar-refractivity contribution in [1.82, 2.24) is 14.7 Å². The smallest absolute Gasteiger partial charge is 0.236 e. The third-order valence-electron chi connectivity index (χ3n) is 5.55. The molecule has 1 amide bonds. The van der Waals surface area contributed by atoms with Crippen molar-refractivity contribution in [3.05, 3.63) is 0 Å². The lowest BCUT2D eigenvalue weighted by Gasteiger charge is -2.37. The topological polar surface area (TPSA) is 36.0 Å². The predicted molar refractivity (Wildman–Crippen MR) is 91.5 cm³/mol. The number of rotatable bonds is 4. The Labute approximate surface area is 140 Å². The van der Waals surface area contributed by atoms with Gasteiger partial charge in [0.15, 0.2) is 0 Å². The number of carbonyl (C=O) groups is 1. The number of ether oxygens (including phenoxy) is 1. The van der Waals surface area contributed by atoms with Gasteiger partial charge in [-0.05, 0) is 44.7 Å². The molecule has 5 nitrogen and oxygen atoms in total. The van der Waals surface area contributed by atoms with Gasteiger partial charge in [-0.15, -0.1) is 0 Å². The highest BCUT2D eigenvalue weighted by Crippen LogP contribution is 2.19. The van der Waals surface area contributed by atoms with Gasteiger partial charge in [-0.3, -0.25) is 14.6 Å². The zero-order valence-electron chi connectivity index (χ0n) is 14.5. The Bertz CT molecular complexity index is 363. The van der Waals surface area contributed by atoms with E-state index in [2.05, 4.69) is 14.7 Å². The van der Waals surface area contributed by atoms with E-state index in [0.717, 1.165) is 59.0 Å². The minimum atomic E-state index is 0.360. The Hall–Kier alpha value is -0.650. The number of likely N-dealkylation sites (tertiary alicyclic amines) is 2. The van der Waals surface area contributed by atoms with Gasteiger partial charge in [0.2, 0.25) is 5.91 Å². The molecule has 0 bridgehead atoms. The maximum absolute atomic E-state index is 12.7. The molecule has 5 heteroatoms. The van der Waals surface area contributed by atoms with Crippen molar-refractivity contribution in [2.45, 2.75) is 38.5 Å². The van der Waals surface area contributed by atoms with Crippen LogP contribution in [0, 0.1) is 5.92 Å². The first-order valence-corrected chi connectivity index (χ1v) is 9.61. The number of hydrogen-bond acceptors (Lipinski definition) is 4. The summed E-state index contributed by atoms with van der Waals surface area (Å²) >= 11 is 0. The van der Waals surface area contributed by atoms with Crippen LogP contribution in [0.3, 0.4) is 0 Å². The number of nitrogens with zero attached hydrogens (tertiary/aromatic N) is 3. The summed E-state index contributed by atoms with van der Waals surface area (Å²) in [5.74, 6) is 1.01. The first kappa shape index (κ1) is 17.2. The molecule has 3 heterocycles. The van der Waals surface area contributed by atoms with Crippen molar-refractivity contribution < 1.29 is 9.53 Å². The third-order valence-corrected chi connectivity index (χ3v) is 5.55. The molecule has 3 rings (SSSR count). The minimum absolute atomic E-state index is 0.360. The Morgan fingerprint density at radius 3 is 2.35 bits per heavy atom. The molecule has 1 atom stereocenters. The first-order chi connectivity index (χ1) is 11.3. The fourth-order valence-corrected chi connectivity index (χ4v) is 4.18. The molecule has 132 valence electrons. The van der Waals surface area contributed by atoms with Crippen molar-refractivity contribution >= 4 is 5.91 Å². The molecule has 0 spiro atoms. The second-order valence-electron chi connectivity index (χ2n) is 7.45. The first-order valence-electron chi connectivity index (χ1n) is 9.61. The van der Waals surface area contributed by atoms with Gasteiger partial charge in [-0.25, -0.2) is 0 Å². The van der Waals surface area contributed by atoms with Crippen LogP contribution in [0.4, 0.5) is 0 Å². The standard InChI is InChI=1S/C18H33N3O2/c22-18(16-19-7-3-1-2-4-8-19)21-9-5-6-17(15-21)14-20-10-12-23-13-11-20/h17H,1-16H2. The highest BCUT2D eigenvalue weighted by Gasteiger charge is 2.26. The average molecular weight is 323 g/mol. The zero-order valence-corrected chi connectivity index (χ0v) is 14.5. The van der Waals surface area contributed by atoms with Crippen LogP contribution in [-0.2, 0) is 9.53 Å². The number of hydrogen-bond donors (Lipinski definition) is 0. The molecule has 3 saturated heterocycles. The Kier molecular flexibility index (Phi) is 6.72. The number of piperidine rings is 1. The minimum Gasteiger partial charge on any atom is -0.379 e. The Morgan fingerprint density at radius 2 is 1.61 bits per heavy atom. The second kappa shape index (κ2) is 9.00. The van der Waals surface area contributed by atoms with E-state index < -0.39 is 0 Å².